The van der Waals surface area contributed by atoms with Crippen LogP contribution >= 0.6 is 11.6 Å². The van der Waals surface area contributed by atoms with Crippen LogP contribution in [0.1, 0.15) is 12.8 Å². The second-order valence-corrected chi connectivity index (χ2v) is 2.98. The van der Waals surface area contributed by atoms with Crippen LogP contribution in [0.5, 0.6) is 5.75 Å². The number of allylic oxidation sites excluding steroid dienone is 1. The van der Waals surface area contributed by atoms with Gasteiger partial charge in [0.2, 0.25) is 0 Å². The van der Waals surface area contributed by atoms with Gasteiger partial charge in [-0.2, -0.15) is 0 Å². The van der Waals surface area contributed by atoms with Crippen molar-refractivity contribution in [1.29, 1.82) is 0 Å². The summed E-state index contributed by atoms with van der Waals surface area (Å²) in [6.45, 7) is 4.32. The van der Waals surface area contributed by atoms with E-state index in [1.54, 1.807) is 18.3 Å². The Morgan fingerprint density at radius 1 is 1.62 bits per heavy atom. The third-order valence-electron chi connectivity index (χ3n) is 1.52. The van der Waals surface area contributed by atoms with E-state index in [2.05, 4.69) is 11.6 Å². The van der Waals surface area contributed by atoms with Crippen molar-refractivity contribution >= 4 is 11.6 Å². The highest BCUT2D eigenvalue weighted by Crippen LogP contribution is 2.14. The standard InChI is InChI=1S/C10H12ClNO/c1-2-3-4-7-13-9-5-6-12-10(11)8-9/h2,5-6,8H,1,3-4,7H2. The van der Waals surface area contributed by atoms with E-state index >= 15 is 0 Å². The molecule has 1 aromatic rings. The minimum absolute atomic E-state index is 0.459. The summed E-state index contributed by atoms with van der Waals surface area (Å²) in [5.74, 6) is 0.768. The Hall–Kier alpha value is -1.02. The van der Waals surface area contributed by atoms with Crippen LogP contribution in [0.3, 0.4) is 0 Å². The van der Waals surface area contributed by atoms with Gasteiger partial charge in [0.25, 0.3) is 0 Å². The molecule has 0 bridgehead atoms. The fraction of sp³-hybridized carbons (Fsp3) is 0.300. The van der Waals surface area contributed by atoms with Crippen molar-refractivity contribution in [2.45, 2.75) is 12.8 Å². The molecule has 1 aromatic heterocycles. The summed E-state index contributed by atoms with van der Waals surface area (Å²) < 4.78 is 5.42. The largest absolute Gasteiger partial charge is 0.493 e. The maximum atomic E-state index is 5.68. The minimum atomic E-state index is 0.459. The third-order valence-corrected chi connectivity index (χ3v) is 1.73. The topological polar surface area (TPSA) is 22.1 Å². The fourth-order valence-corrected chi connectivity index (χ4v) is 1.06. The lowest BCUT2D eigenvalue weighted by atomic mass is 10.3. The number of halogens is 1. The molecular formula is C10H12ClNO. The van der Waals surface area contributed by atoms with Gasteiger partial charge in [-0.1, -0.05) is 17.7 Å². The van der Waals surface area contributed by atoms with E-state index < -0.39 is 0 Å². The molecule has 1 rings (SSSR count). The summed E-state index contributed by atoms with van der Waals surface area (Å²) in [5, 5.41) is 0.459. The molecule has 0 aliphatic rings. The van der Waals surface area contributed by atoms with E-state index in [-0.39, 0.29) is 0 Å². The van der Waals surface area contributed by atoms with Crippen molar-refractivity contribution in [3.8, 4) is 5.75 Å². The fourth-order valence-electron chi connectivity index (χ4n) is 0.892. The van der Waals surface area contributed by atoms with Crippen LogP contribution in [-0.2, 0) is 0 Å². The highest BCUT2D eigenvalue weighted by atomic mass is 35.5. The molecule has 0 aliphatic heterocycles. The predicted octanol–water partition coefficient (Wildman–Crippen LogP) is 3.08. The molecule has 0 spiro atoms. The van der Waals surface area contributed by atoms with Gasteiger partial charge >= 0.3 is 0 Å². The van der Waals surface area contributed by atoms with Crippen LogP contribution in [0.25, 0.3) is 0 Å². The van der Waals surface area contributed by atoms with Gasteiger partial charge in [0, 0.05) is 12.3 Å². The zero-order valence-corrected chi connectivity index (χ0v) is 8.13. The first-order chi connectivity index (χ1) is 6.33. The van der Waals surface area contributed by atoms with Gasteiger partial charge in [-0.25, -0.2) is 4.98 Å². The molecule has 0 amide bonds. The molecule has 0 unspecified atom stereocenters. The van der Waals surface area contributed by atoms with E-state index in [1.807, 2.05) is 6.08 Å². The average Bonchev–Trinajstić information content (AvgIpc) is 2.13. The Kier molecular flexibility index (Phi) is 4.33. The number of hydrogen-bond acceptors (Lipinski definition) is 2. The van der Waals surface area contributed by atoms with E-state index in [0.29, 0.717) is 11.8 Å². The van der Waals surface area contributed by atoms with Gasteiger partial charge in [-0.3, -0.25) is 0 Å². The maximum Gasteiger partial charge on any atom is 0.132 e. The number of nitrogens with zero attached hydrogens (tertiary/aromatic N) is 1. The number of aromatic nitrogens is 1. The van der Waals surface area contributed by atoms with Gasteiger partial charge in [0.05, 0.1) is 6.61 Å². The Bertz CT molecular complexity index is 275. The Labute approximate surface area is 83.2 Å². The van der Waals surface area contributed by atoms with Crippen molar-refractivity contribution in [3.05, 3.63) is 36.1 Å². The van der Waals surface area contributed by atoms with Crippen LogP contribution in [-0.4, -0.2) is 11.6 Å². The lowest BCUT2D eigenvalue weighted by Gasteiger charge is -2.04. The van der Waals surface area contributed by atoms with Crippen LogP contribution < -0.4 is 4.74 Å². The van der Waals surface area contributed by atoms with Crippen LogP contribution in [0, 0.1) is 0 Å². The van der Waals surface area contributed by atoms with Crippen LogP contribution in [0.15, 0.2) is 31.0 Å². The maximum absolute atomic E-state index is 5.68. The van der Waals surface area contributed by atoms with E-state index in [0.717, 1.165) is 18.6 Å². The monoisotopic (exact) mass is 197 g/mol. The molecule has 0 fully saturated rings. The van der Waals surface area contributed by atoms with Crippen molar-refractivity contribution in [1.82, 2.24) is 4.98 Å². The Balaban J connectivity index is 2.32. The molecule has 0 saturated heterocycles. The SMILES string of the molecule is C=CCCCOc1ccnc(Cl)c1. The first-order valence-electron chi connectivity index (χ1n) is 4.18. The van der Waals surface area contributed by atoms with Crippen LogP contribution in [0.4, 0.5) is 0 Å². The second kappa shape index (κ2) is 5.60. The Morgan fingerprint density at radius 3 is 3.15 bits per heavy atom. The number of unbranched alkanes of at least 4 members (excludes halogenated alkanes) is 1. The average molecular weight is 198 g/mol. The van der Waals surface area contributed by atoms with Crippen molar-refractivity contribution < 1.29 is 4.74 Å². The third kappa shape index (κ3) is 3.95. The Morgan fingerprint density at radius 2 is 2.46 bits per heavy atom. The first-order valence-corrected chi connectivity index (χ1v) is 4.56. The summed E-state index contributed by atoms with van der Waals surface area (Å²) in [4.78, 5) is 3.85. The zero-order chi connectivity index (χ0) is 9.52. The van der Waals surface area contributed by atoms with Gasteiger partial charge < -0.3 is 4.74 Å². The summed E-state index contributed by atoms with van der Waals surface area (Å²) in [7, 11) is 0. The molecule has 0 N–H and O–H groups in total. The summed E-state index contributed by atoms with van der Waals surface area (Å²) in [5.41, 5.74) is 0. The number of hydrogen-bond donors (Lipinski definition) is 0. The van der Waals surface area contributed by atoms with Gasteiger partial charge in [0.15, 0.2) is 0 Å². The molecule has 0 saturated carbocycles. The molecule has 0 aliphatic carbocycles. The van der Waals surface area contributed by atoms with Crippen LogP contribution in [0.2, 0.25) is 5.15 Å². The van der Waals surface area contributed by atoms with E-state index in [4.69, 9.17) is 16.3 Å². The van der Waals surface area contributed by atoms with Gasteiger partial charge in [-0.05, 0) is 18.9 Å². The number of rotatable bonds is 5. The van der Waals surface area contributed by atoms with Crippen molar-refractivity contribution in [2.24, 2.45) is 0 Å². The molecule has 0 radical (unpaired) electrons. The summed E-state index contributed by atoms with van der Waals surface area (Å²) >= 11 is 5.68. The molecular weight excluding hydrogens is 186 g/mol. The predicted molar refractivity (Wildman–Crippen MR) is 54.2 cm³/mol. The van der Waals surface area contributed by atoms with E-state index in [1.165, 1.54) is 0 Å². The highest BCUT2D eigenvalue weighted by Gasteiger charge is 1.94. The van der Waals surface area contributed by atoms with Gasteiger partial charge in [-0.15, -0.1) is 6.58 Å². The summed E-state index contributed by atoms with van der Waals surface area (Å²) in [6, 6.07) is 3.50. The molecule has 0 aromatic carbocycles. The molecule has 70 valence electrons. The number of pyridine rings is 1. The molecule has 0 atom stereocenters. The van der Waals surface area contributed by atoms with Crippen molar-refractivity contribution in [3.63, 3.8) is 0 Å². The lowest BCUT2D eigenvalue weighted by Crippen LogP contribution is -1.96. The zero-order valence-electron chi connectivity index (χ0n) is 7.37. The first kappa shape index (κ1) is 10.1. The molecule has 1 heterocycles. The normalized spacial score (nSPS) is 9.62. The highest BCUT2D eigenvalue weighted by molar-refractivity contribution is 6.29. The summed E-state index contributed by atoms with van der Waals surface area (Å²) in [6.07, 6.45) is 5.45. The van der Waals surface area contributed by atoms with Crippen molar-refractivity contribution in [2.75, 3.05) is 6.61 Å². The molecule has 13 heavy (non-hydrogen) atoms. The molecule has 3 heteroatoms. The minimum Gasteiger partial charge on any atom is -0.493 e. The van der Waals surface area contributed by atoms with Gasteiger partial charge in [0.1, 0.15) is 10.9 Å². The van der Waals surface area contributed by atoms with E-state index in [9.17, 15) is 0 Å². The quantitative estimate of drug-likeness (QED) is 0.411. The lowest BCUT2D eigenvalue weighted by molar-refractivity contribution is 0.312. The number of ether oxygens (including phenoxy) is 1. The molecule has 2 nitrogen and oxygen atoms in total. The smallest absolute Gasteiger partial charge is 0.132 e. The second-order valence-electron chi connectivity index (χ2n) is 2.59.